The second-order valence-electron chi connectivity index (χ2n) is 14.1. The molecule has 0 spiro atoms. The van der Waals surface area contributed by atoms with Gasteiger partial charge >= 0.3 is 5.97 Å². The largest absolute Gasteiger partial charge is 0.459 e. The predicted octanol–water partition coefficient (Wildman–Crippen LogP) is 10.6. The van der Waals surface area contributed by atoms with E-state index in [-0.39, 0.29) is 12.1 Å². The van der Waals surface area contributed by atoms with Crippen molar-refractivity contribution in [3.63, 3.8) is 0 Å². The van der Waals surface area contributed by atoms with E-state index < -0.39 is 8.32 Å². The maximum atomic E-state index is 12.5. The van der Waals surface area contributed by atoms with Crippen LogP contribution in [0.25, 0.3) is 0 Å². The van der Waals surface area contributed by atoms with E-state index in [1.807, 2.05) is 0 Å². The number of hydrogen-bond acceptors (Lipinski definition) is 3. The van der Waals surface area contributed by atoms with Gasteiger partial charge in [-0.1, -0.05) is 106 Å². The molecule has 3 nitrogen and oxygen atoms in total. The maximum Gasteiger partial charge on any atom is 0.333 e. The van der Waals surface area contributed by atoms with Crippen LogP contribution in [0.3, 0.4) is 0 Å². The summed E-state index contributed by atoms with van der Waals surface area (Å²) < 4.78 is 12.8. The van der Waals surface area contributed by atoms with Crippen LogP contribution in [0.1, 0.15) is 145 Å². The third kappa shape index (κ3) is 9.79. The average molecular weight is 549 g/mol. The highest BCUT2D eigenvalue weighted by Gasteiger charge is 2.45. The number of carbonyl (C=O) groups excluding carboxylic acids is 1. The Labute approximate surface area is 238 Å². The van der Waals surface area contributed by atoms with Gasteiger partial charge in [-0.15, -0.1) is 0 Å². The molecule has 4 heteroatoms. The monoisotopic (exact) mass is 548 g/mol. The normalized spacial score (nSPS) is 25.7. The first-order valence-electron chi connectivity index (χ1n) is 16.5. The van der Waals surface area contributed by atoms with E-state index in [2.05, 4.69) is 55.0 Å². The molecule has 0 saturated heterocycles. The Balaban J connectivity index is 1.87. The molecule has 0 aromatic rings. The van der Waals surface area contributed by atoms with Crippen LogP contribution >= 0.6 is 0 Å². The van der Waals surface area contributed by atoms with Gasteiger partial charge in [0.05, 0.1) is 0 Å². The Kier molecular flexibility index (Phi) is 14.7. The second kappa shape index (κ2) is 16.6. The van der Waals surface area contributed by atoms with Crippen molar-refractivity contribution in [2.75, 3.05) is 6.61 Å². The Hall–Kier alpha value is -0.613. The molecule has 2 aliphatic carbocycles. The number of hydrogen-bond donors (Lipinski definition) is 0. The van der Waals surface area contributed by atoms with Crippen LogP contribution in [0.5, 0.6) is 0 Å². The van der Waals surface area contributed by atoms with Gasteiger partial charge in [-0.3, -0.25) is 0 Å². The van der Waals surface area contributed by atoms with Gasteiger partial charge in [0.15, 0.2) is 8.32 Å². The van der Waals surface area contributed by atoms with Crippen molar-refractivity contribution in [1.29, 1.82) is 0 Å². The maximum absolute atomic E-state index is 12.5. The second-order valence-corrected chi connectivity index (χ2v) is 19.5. The molecule has 0 aromatic heterocycles. The Morgan fingerprint density at radius 3 is 1.76 bits per heavy atom. The predicted molar refractivity (Wildman–Crippen MR) is 166 cm³/mol. The summed E-state index contributed by atoms with van der Waals surface area (Å²) in [7, 11) is -1.91. The van der Waals surface area contributed by atoms with Crippen LogP contribution in [-0.4, -0.2) is 27.0 Å². The van der Waals surface area contributed by atoms with E-state index >= 15 is 0 Å². The van der Waals surface area contributed by atoms with Crippen molar-refractivity contribution in [3.05, 3.63) is 12.2 Å². The van der Waals surface area contributed by atoms with Crippen molar-refractivity contribution in [2.24, 2.45) is 23.7 Å². The van der Waals surface area contributed by atoms with Crippen LogP contribution in [0, 0.1) is 23.7 Å². The van der Waals surface area contributed by atoms with Crippen LogP contribution in [0.15, 0.2) is 12.2 Å². The average Bonchev–Trinajstić information content (AvgIpc) is 2.86. The zero-order valence-corrected chi connectivity index (χ0v) is 27.7. The minimum atomic E-state index is -1.91. The molecule has 1 unspecified atom stereocenters. The topological polar surface area (TPSA) is 35.5 Å². The van der Waals surface area contributed by atoms with E-state index in [4.69, 9.17) is 9.16 Å². The standard InChI is InChI=1S/C34H64O3Si/c1-10-11-12-13-29-14-18-31(19-15-29)32-20-16-30(17-21-32)24-33(37-34(35)25(2)3)22-23-36-38(26(4)5,27(6)7)28(8)9/h26-33H,2,10-24H2,1,3-9H3. The smallest absolute Gasteiger partial charge is 0.333 e. The summed E-state index contributed by atoms with van der Waals surface area (Å²) in [6.07, 6.45) is 18.6. The fourth-order valence-corrected chi connectivity index (χ4v) is 13.7. The molecule has 2 fully saturated rings. The van der Waals surface area contributed by atoms with Crippen LogP contribution < -0.4 is 0 Å². The van der Waals surface area contributed by atoms with Crippen LogP contribution in [0.2, 0.25) is 16.6 Å². The van der Waals surface area contributed by atoms with Crippen molar-refractivity contribution in [1.82, 2.24) is 0 Å². The fraction of sp³-hybridized carbons (Fsp3) is 0.912. The molecular weight excluding hydrogens is 484 g/mol. The SMILES string of the molecule is C=C(C)C(=O)OC(CCO[Si](C(C)C)(C(C)C)C(C)C)CC1CCC(C2CCC(CCCCC)CC2)CC1. The first-order valence-corrected chi connectivity index (χ1v) is 18.7. The molecule has 0 amide bonds. The Bertz CT molecular complexity index is 662. The number of rotatable bonds is 16. The highest BCUT2D eigenvalue weighted by molar-refractivity contribution is 6.77. The molecule has 2 aliphatic rings. The van der Waals surface area contributed by atoms with Crippen LogP contribution in [-0.2, 0) is 14.0 Å². The first-order chi connectivity index (χ1) is 18.0. The summed E-state index contributed by atoms with van der Waals surface area (Å²) in [5, 5.41) is 0. The van der Waals surface area contributed by atoms with Gasteiger partial charge in [0, 0.05) is 18.6 Å². The fourth-order valence-electron chi connectivity index (χ4n) is 8.24. The van der Waals surface area contributed by atoms with E-state index in [0.717, 1.165) is 30.6 Å². The van der Waals surface area contributed by atoms with Gasteiger partial charge in [-0.05, 0) is 79.3 Å². The third-order valence-corrected chi connectivity index (χ3v) is 16.5. The molecule has 2 saturated carbocycles. The quantitative estimate of drug-likeness (QED) is 0.0832. The van der Waals surface area contributed by atoms with E-state index in [9.17, 15) is 4.79 Å². The summed E-state index contributed by atoms with van der Waals surface area (Å²) in [5.41, 5.74) is 2.21. The van der Waals surface area contributed by atoms with E-state index in [1.165, 1.54) is 77.0 Å². The molecular formula is C34H64O3Si. The number of ether oxygens (including phenoxy) is 1. The molecule has 2 rings (SSSR count). The summed E-state index contributed by atoms with van der Waals surface area (Å²) in [6, 6.07) is 0. The molecule has 0 N–H and O–H groups in total. The molecule has 0 bridgehead atoms. The summed E-state index contributed by atoms with van der Waals surface area (Å²) in [5.74, 6) is 3.33. The summed E-state index contributed by atoms with van der Waals surface area (Å²) in [6.45, 7) is 22.6. The van der Waals surface area contributed by atoms with Crippen molar-refractivity contribution < 1.29 is 14.0 Å². The molecule has 38 heavy (non-hydrogen) atoms. The first kappa shape index (κ1) is 33.6. The van der Waals surface area contributed by atoms with Gasteiger partial charge in [0.2, 0.25) is 0 Å². The van der Waals surface area contributed by atoms with Gasteiger partial charge in [-0.25, -0.2) is 4.79 Å². The number of esters is 1. The lowest BCUT2D eigenvalue weighted by Gasteiger charge is -2.42. The third-order valence-electron chi connectivity index (χ3n) is 10.4. The minimum Gasteiger partial charge on any atom is -0.459 e. The highest BCUT2D eigenvalue weighted by atomic mass is 28.4. The van der Waals surface area contributed by atoms with E-state index in [0.29, 0.717) is 34.7 Å². The zero-order chi connectivity index (χ0) is 28.3. The lowest BCUT2D eigenvalue weighted by molar-refractivity contribution is -0.145. The van der Waals surface area contributed by atoms with Gasteiger partial charge in [-0.2, -0.15) is 0 Å². The lowest BCUT2D eigenvalue weighted by atomic mass is 9.68. The minimum absolute atomic E-state index is 0.0579. The Morgan fingerprint density at radius 1 is 0.816 bits per heavy atom. The highest BCUT2D eigenvalue weighted by Crippen LogP contribution is 2.44. The lowest BCUT2D eigenvalue weighted by Crippen LogP contribution is -2.48. The summed E-state index contributed by atoms with van der Waals surface area (Å²) >= 11 is 0. The molecule has 0 heterocycles. The summed E-state index contributed by atoms with van der Waals surface area (Å²) in [4.78, 5) is 12.5. The number of unbranched alkanes of at least 4 members (excludes halogenated alkanes) is 2. The van der Waals surface area contributed by atoms with Crippen molar-refractivity contribution in [2.45, 2.75) is 168 Å². The zero-order valence-electron chi connectivity index (χ0n) is 26.7. The van der Waals surface area contributed by atoms with Crippen LogP contribution in [0.4, 0.5) is 0 Å². The molecule has 0 radical (unpaired) electrons. The number of carbonyl (C=O) groups is 1. The van der Waals surface area contributed by atoms with Gasteiger partial charge < -0.3 is 9.16 Å². The molecule has 222 valence electrons. The van der Waals surface area contributed by atoms with Crippen molar-refractivity contribution >= 4 is 14.3 Å². The molecule has 0 aliphatic heterocycles. The van der Waals surface area contributed by atoms with Gasteiger partial charge in [0.25, 0.3) is 0 Å². The van der Waals surface area contributed by atoms with Crippen molar-refractivity contribution in [3.8, 4) is 0 Å². The molecule has 0 aromatic carbocycles. The molecule has 1 atom stereocenters. The Morgan fingerprint density at radius 2 is 1.32 bits per heavy atom. The van der Waals surface area contributed by atoms with E-state index in [1.54, 1.807) is 6.92 Å². The van der Waals surface area contributed by atoms with Gasteiger partial charge in [0.1, 0.15) is 6.10 Å².